The average molecular weight is 868 g/mol. The Morgan fingerprint density at radius 1 is 0.458 bits per heavy atom. The number of hydrogen-bond donors (Lipinski definition) is 1. The minimum Gasteiger partial charge on any atom is -0.466 e. The van der Waals surface area contributed by atoms with E-state index < -0.39 is 0 Å². The van der Waals surface area contributed by atoms with E-state index in [-0.39, 0.29) is 41.1 Å². The van der Waals surface area contributed by atoms with E-state index in [9.17, 15) is 0 Å². The van der Waals surface area contributed by atoms with E-state index >= 15 is 0 Å². The van der Waals surface area contributed by atoms with Gasteiger partial charge in [0.15, 0.2) is 0 Å². The van der Waals surface area contributed by atoms with Crippen LogP contribution >= 0.6 is 0 Å². The molecule has 1 N–H and O–H groups in total. The molecule has 0 unspecified atom stereocenters. The Bertz CT molecular complexity index is 2030. The fourth-order valence-corrected chi connectivity index (χ4v) is 7.37. The Morgan fingerprint density at radius 3 is 1.17 bits per heavy atom. The molecule has 310 valence electrons. The molecule has 0 bridgehead atoms. The fraction of sp³-hybridized carbons (Fsp3) is 0.327. The summed E-state index contributed by atoms with van der Waals surface area (Å²) in [6.45, 7) is 28.1. The number of rotatable bonds is 11. The summed E-state index contributed by atoms with van der Waals surface area (Å²) in [5, 5.41) is 12.2. The molecule has 6 aromatic rings. The van der Waals surface area contributed by atoms with E-state index in [2.05, 4.69) is 163 Å². The molecule has 0 spiro atoms. The molecule has 6 rings (SSSR count). The van der Waals surface area contributed by atoms with Crippen LogP contribution < -0.4 is 5.32 Å². The van der Waals surface area contributed by atoms with Crippen LogP contribution in [0, 0.1) is 77.2 Å². The van der Waals surface area contributed by atoms with Gasteiger partial charge >= 0.3 is 26.2 Å². The Kier molecular flexibility index (Phi) is 22.9. The summed E-state index contributed by atoms with van der Waals surface area (Å²) in [6.07, 6.45) is 2.16. The zero-order chi connectivity index (χ0) is 40.8. The number of aryl methyl sites for hydroxylation is 9. The maximum atomic E-state index is 4.72. The van der Waals surface area contributed by atoms with E-state index in [0.717, 1.165) is 67.0 Å². The van der Waals surface area contributed by atoms with Crippen LogP contribution in [-0.4, -0.2) is 34.6 Å². The Morgan fingerprint density at radius 2 is 0.814 bits per heavy atom. The summed E-state index contributed by atoms with van der Waals surface area (Å²) in [6, 6.07) is 31.5. The molecule has 0 aliphatic carbocycles. The van der Waals surface area contributed by atoms with Gasteiger partial charge in [-0.25, -0.2) is 4.98 Å². The van der Waals surface area contributed by atoms with Crippen LogP contribution in [0.1, 0.15) is 83.7 Å². The zero-order valence-corrected chi connectivity index (χ0v) is 40.9. The third-order valence-electron chi connectivity index (χ3n) is 9.39. The summed E-state index contributed by atoms with van der Waals surface area (Å²) < 4.78 is 0. The van der Waals surface area contributed by atoms with Crippen LogP contribution in [0.5, 0.6) is 0 Å². The van der Waals surface area contributed by atoms with Crippen LogP contribution in [0.2, 0.25) is 0 Å². The third kappa shape index (κ3) is 15.2. The zero-order valence-electron chi connectivity index (χ0n) is 38.4. The van der Waals surface area contributed by atoms with Crippen molar-refractivity contribution in [3.05, 3.63) is 167 Å². The second-order valence-electron chi connectivity index (χ2n) is 14.8. The number of pyridine rings is 3. The summed E-state index contributed by atoms with van der Waals surface area (Å²) in [5.41, 5.74) is 18.4. The SMILES string of the molecule is CCCNc1cccc(-c2c(C)cc(C)cc2C)n1.CCC[N-]c1cccc(-c2c(C)cc(C)cc2C)n1.CC[N-]c1cccc(-c2c(C)cc(C)cc2C)n1.[CH3-].[CH3-].[Zr+4]. The minimum atomic E-state index is 0. The van der Waals surface area contributed by atoms with Gasteiger partial charge < -0.3 is 40.8 Å². The molecule has 0 atom stereocenters. The average Bonchev–Trinajstić information content (AvgIpc) is 3.13. The number of anilines is 1. The van der Waals surface area contributed by atoms with E-state index in [1.54, 1.807) is 0 Å². The van der Waals surface area contributed by atoms with Gasteiger partial charge in [0.2, 0.25) is 0 Å². The summed E-state index contributed by atoms with van der Waals surface area (Å²) in [5.74, 6) is 2.60. The van der Waals surface area contributed by atoms with Crippen molar-refractivity contribution in [3.8, 4) is 33.8 Å². The molecule has 7 heteroatoms. The van der Waals surface area contributed by atoms with Gasteiger partial charge in [-0.15, -0.1) is 0 Å². The van der Waals surface area contributed by atoms with Crippen molar-refractivity contribution in [3.63, 3.8) is 0 Å². The first-order valence-electron chi connectivity index (χ1n) is 20.1. The number of hydrogen-bond acceptors (Lipinski definition) is 4. The Hall–Kier alpha value is -4.61. The van der Waals surface area contributed by atoms with Gasteiger partial charge in [0.05, 0.1) is 5.69 Å². The van der Waals surface area contributed by atoms with Crippen LogP contribution in [0.3, 0.4) is 0 Å². The Balaban J connectivity index is 0.000000432. The van der Waals surface area contributed by atoms with E-state index in [4.69, 9.17) is 4.98 Å². The van der Waals surface area contributed by atoms with Crippen molar-refractivity contribution in [1.82, 2.24) is 15.0 Å². The standard InChI is InChI=1S/C17H22N2.C17H21N2.C16H19N2.2CH3.Zr/c2*1-5-9-18-16-8-6-7-15(19-16)17-13(3)10-12(2)11-14(17)4;1-5-17-15-8-6-7-14(18-15)16-12(3)9-11(2)10-13(16)4;;;/h6-8,10-11H,5,9H2,1-4H3,(H,18,19);6-8,10-11H,5,9H2,1-4H3;6-10H,5H2,1-4H3;2*1H3;/q;4*-1;+4. The van der Waals surface area contributed by atoms with E-state index in [1.165, 1.54) is 66.8 Å². The Labute approximate surface area is 377 Å². The molecule has 6 nitrogen and oxygen atoms in total. The molecule has 0 aliphatic rings. The maximum Gasteiger partial charge on any atom is 4.00 e. The second-order valence-corrected chi connectivity index (χ2v) is 14.8. The monoisotopic (exact) mass is 866 g/mol. The fourth-order valence-electron chi connectivity index (χ4n) is 7.37. The van der Waals surface area contributed by atoms with Crippen molar-refractivity contribution in [2.45, 2.75) is 95.9 Å². The van der Waals surface area contributed by atoms with Crippen molar-refractivity contribution in [2.75, 3.05) is 25.0 Å². The first-order valence-corrected chi connectivity index (χ1v) is 20.1. The molecule has 0 aliphatic heterocycles. The third-order valence-corrected chi connectivity index (χ3v) is 9.39. The molecule has 0 amide bonds. The number of nitrogens with zero attached hydrogens (tertiary/aromatic N) is 5. The normalized spacial score (nSPS) is 9.97. The van der Waals surface area contributed by atoms with Gasteiger partial charge in [-0.1, -0.05) is 147 Å². The van der Waals surface area contributed by atoms with E-state index in [0.29, 0.717) is 0 Å². The van der Waals surface area contributed by atoms with Gasteiger partial charge in [-0.05, 0) is 137 Å². The first-order chi connectivity index (χ1) is 26.8. The summed E-state index contributed by atoms with van der Waals surface area (Å²) >= 11 is 0. The molecule has 0 fully saturated rings. The van der Waals surface area contributed by atoms with Crippen LogP contribution in [0.15, 0.2) is 91.0 Å². The smallest absolute Gasteiger partial charge is 0.466 e. The topological polar surface area (TPSA) is 78.9 Å². The molecule has 0 radical (unpaired) electrons. The van der Waals surface area contributed by atoms with Gasteiger partial charge in [0.1, 0.15) is 5.82 Å². The van der Waals surface area contributed by atoms with Crippen molar-refractivity contribution < 1.29 is 26.2 Å². The first kappa shape index (κ1) is 52.4. The molecule has 3 aromatic carbocycles. The van der Waals surface area contributed by atoms with Crippen molar-refractivity contribution >= 4 is 17.5 Å². The number of nitrogens with one attached hydrogen (secondary N) is 1. The molecule has 3 aromatic heterocycles. The van der Waals surface area contributed by atoms with Gasteiger partial charge in [0.25, 0.3) is 0 Å². The predicted molar refractivity (Wildman–Crippen MR) is 255 cm³/mol. The molecule has 0 saturated carbocycles. The van der Waals surface area contributed by atoms with Gasteiger partial charge in [-0.3, -0.25) is 0 Å². The number of aromatic nitrogens is 3. The molecule has 59 heavy (non-hydrogen) atoms. The van der Waals surface area contributed by atoms with Gasteiger partial charge in [-0.2, -0.15) is 0 Å². The summed E-state index contributed by atoms with van der Waals surface area (Å²) in [4.78, 5) is 14.0. The number of benzene rings is 3. The van der Waals surface area contributed by atoms with Crippen molar-refractivity contribution in [2.24, 2.45) is 0 Å². The van der Waals surface area contributed by atoms with E-state index in [1.807, 2.05) is 37.3 Å². The molecule has 0 saturated heterocycles. The molecule has 3 heterocycles. The minimum absolute atomic E-state index is 0. The predicted octanol–water partition coefficient (Wildman–Crippen LogP) is 15.2. The van der Waals surface area contributed by atoms with Gasteiger partial charge in [0, 0.05) is 12.1 Å². The maximum absolute atomic E-state index is 4.72. The van der Waals surface area contributed by atoms with Crippen LogP contribution in [-0.2, 0) is 26.2 Å². The van der Waals surface area contributed by atoms with Crippen LogP contribution in [0.25, 0.3) is 44.4 Å². The van der Waals surface area contributed by atoms with Crippen LogP contribution in [0.4, 0.5) is 17.5 Å². The summed E-state index contributed by atoms with van der Waals surface area (Å²) in [7, 11) is 0. The molecular weight excluding hydrogens is 800 g/mol. The van der Waals surface area contributed by atoms with Crippen molar-refractivity contribution in [1.29, 1.82) is 0 Å². The molecular formula is C52H68N6Zr. The second kappa shape index (κ2) is 25.8. The largest absolute Gasteiger partial charge is 4.00 e. The quantitative estimate of drug-likeness (QED) is 0.132.